The number of nitrogens with zero attached hydrogens (tertiary/aromatic N) is 2. The molecule has 0 aliphatic carbocycles. The van der Waals surface area contributed by atoms with E-state index < -0.39 is 16.7 Å². The van der Waals surface area contributed by atoms with Crippen LogP contribution < -0.4 is 15.0 Å². The minimum Gasteiger partial charge on any atom is -0.464 e. The van der Waals surface area contributed by atoms with Gasteiger partial charge in [0.15, 0.2) is 5.11 Å². The first-order valence-electron chi connectivity index (χ1n) is 11.0. The van der Waals surface area contributed by atoms with Crippen LogP contribution >= 0.6 is 12.2 Å². The molecule has 1 saturated heterocycles. The van der Waals surface area contributed by atoms with Crippen molar-refractivity contribution in [2.24, 2.45) is 0 Å². The molecular weight excluding hydrogens is 494 g/mol. The summed E-state index contributed by atoms with van der Waals surface area (Å²) in [4.78, 5) is 38.3. The predicted molar refractivity (Wildman–Crippen MR) is 140 cm³/mol. The van der Waals surface area contributed by atoms with Gasteiger partial charge in [0, 0.05) is 11.6 Å². The first-order valence-corrected chi connectivity index (χ1v) is 11.4. The van der Waals surface area contributed by atoms with E-state index in [1.54, 1.807) is 42.5 Å². The lowest BCUT2D eigenvalue weighted by molar-refractivity contribution is -0.384. The molecule has 0 radical (unpaired) electrons. The largest absolute Gasteiger partial charge is 0.464 e. The Morgan fingerprint density at radius 3 is 2.30 bits per heavy atom. The number of hydrogen-bond donors (Lipinski definition) is 1. The summed E-state index contributed by atoms with van der Waals surface area (Å²) in [6.45, 7) is 0. The molecule has 182 valence electrons. The molecule has 1 fully saturated rings. The number of amides is 2. The molecular formula is C27H17N3O6S. The van der Waals surface area contributed by atoms with Gasteiger partial charge in [-0.05, 0) is 66.8 Å². The van der Waals surface area contributed by atoms with Gasteiger partial charge in [-0.1, -0.05) is 30.3 Å². The maximum absolute atomic E-state index is 13.4. The van der Waals surface area contributed by atoms with Crippen LogP contribution in [-0.2, 0) is 9.59 Å². The molecule has 10 heteroatoms. The number of ether oxygens (including phenoxy) is 1. The van der Waals surface area contributed by atoms with Gasteiger partial charge in [-0.15, -0.1) is 0 Å². The van der Waals surface area contributed by atoms with Gasteiger partial charge in [0.1, 0.15) is 22.8 Å². The smallest absolute Gasteiger partial charge is 0.277 e. The Kier molecular flexibility index (Phi) is 6.31. The number of carbonyl (C=O) groups excluding carboxylic acids is 2. The Morgan fingerprint density at radius 2 is 1.57 bits per heavy atom. The lowest BCUT2D eigenvalue weighted by Gasteiger charge is -2.28. The summed E-state index contributed by atoms with van der Waals surface area (Å²) in [6, 6.07) is 23.5. The molecule has 5 rings (SSSR count). The van der Waals surface area contributed by atoms with E-state index in [-0.39, 0.29) is 27.7 Å². The van der Waals surface area contributed by atoms with Crippen LogP contribution in [0.25, 0.3) is 17.2 Å². The van der Waals surface area contributed by atoms with Crippen molar-refractivity contribution in [3.8, 4) is 22.6 Å². The minimum atomic E-state index is -0.708. The van der Waals surface area contributed by atoms with E-state index in [0.717, 1.165) is 0 Å². The molecule has 2 amide bonds. The zero-order valence-electron chi connectivity index (χ0n) is 19.0. The number of nitrogens with one attached hydrogen (secondary N) is 1. The van der Waals surface area contributed by atoms with Crippen LogP contribution in [0.4, 0.5) is 11.4 Å². The van der Waals surface area contributed by atoms with Crippen LogP contribution in [0.3, 0.4) is 0 Å². The number of anilines is 1. The highest BCUT2D eigenvalue weighted by Crippen LogP contribution is 2.34. The number of benzene rings is 3. The molecule has 4 aromatic rings. The number of thiocarbonyl (C=S) groups is 1. The second kappa shape index (κ2) is 9.88. The molecule has 1 N–H and O–H groups in total. The summed E-state index contributed by atoms with van der Waals surface area (Å²) in [5.41, 5.74) is 0.692. The van der Waals surface area contributed by atoms with E-state index in [2.05, 4.69) is 5.32 Å². The molecule has 37 heavy (non-hydrogen) atoms. The summed E-state index contributed by atoms with van der Waals surface area (Å²) in [7, 11) is 0. The SMILES string of the molecule is O=C1NC(=S)N(c2ccc(Oc3ccccc3)cc2)C(=O)/C1=C\c1occc1-c1ccccc1[N+](=O)[O-]. The highest BCUT2D eigenvalue weighted by Gasteiger charge is 2.35. The molecule has 1 aliphatic rings. The van der Waals surface area contributed by atoms with Crippen molar-refractivity contribution >= 4 is 46.6 Å². The Balaban J connectivity index is 1.46. The number of para-hydroxylation sites is 2. The van der Waals surface area contributed by atoms with E-state index in [9.17, 15) is 19.7 Å². The molecule has 0 atom stereocenters. The number of hydrogen-bond acceptors (Lipinski definition) is 7. The summed E-state index contributed by atoms with van der Waals surface area (Å²) in [5.74, 6) is -0.0530. The second-order valence-electron chi connectivity index (χ2n) is 7.84. The van der Waals surface area contributed by atoms with Crippen molar-refractivity contribution in [3.63, 3.8) is 0 Å². The first-order chi connectivity index (χ1) is 17.9. The van der Waals surface area contributed by atoms with Crippen LogP contribution in [0, 0.1) is 10.1 Å². The normalized spacial score (nSPS) is 14.5. The Bertz CT molecular complexity index is 1560. The summed E-state index contributed by atoms with van der Waals surface area (Å²) in [5, 5.41) is 13.9. The van der Waals surface area contributed by atoms with Crippen molar-refractivity contribution < 1.29 is 23.7 Å². The predicted octanol–water partition coefficient (Wildman–Crippen LogP) is 5.48. The third kappa shape index (κ3) is 4.73. The topological polar surface area (TPSA) is 115 Å². The monoisotopic (exact) mass is 511 g/mol. The number of rotatable bonds is 6. The van der Waals surface area contributed by atoms with Gasteiger partial charge in [-0.2, -0.15) is 0 Å². The van der Waals surface area contributed by atoms with E-state index in [1.165, 1.54) is 29.4 Å². The van der Waals surface area contributed by atoms with E-state index in [1.807, 2.05) is 30.3 Å². The van der Waals surface area contributed by atoms with Crippen molar-refractivity contribution in [2.45, 2.75) is 0 Å². The second-order valence-corrected chi connectivity index (χ2v) is 8.23. The van der Waals surface area contributed by atoms with Gasteiger partial charge < -0.3 is 9.15 Å². The molecule has 3 aromatic carbocycles. The average Bonchev–Trinajstić information content (AvgIpc) is 3.36. The van der Waals surface area contributed by atoms with Crippen LogP contribution in [0.2, 0.25) is 0 Å². The zero-order valence-corrected chi connectivity index (χ0v) is 19.8. The van der Waals surface area contributed by atoms with Crippen LogP contribution in [0.5, 0.6) is 11.5 Å². The van der Waals surface area contributed by atoms with E-state index >= 15 is 0 Å². The van der Waals surface area contributed by atoms with Crippen molar-refractivity contribution in [2.75, 3.05) is 4.90 Å². The Labute approximate surface area is 215 Å². The van der Waals surface area contributed by atoms with Gasteiger partial charge in [-0.25, -0.2) is 0 Å². The number of carbonyl (C=O) groups is 2. The number of nitro groups is 1. The van der Waals surface area contributed by atoms with Crippen molar-refractivity contribution in [1.82, 2.24) is 5.32 Å². The minimum absolute atomic E-state index is 0.0813. The highest BCUT2D eigenvalue weighted by atomic mass is 32.1. The van der Waals surface area contributed by atoms with Crippen molar-refractivity contribution in [1.29, 1.82) is 0 Å². The molecule has 0 unspecified atom stereocenters. The molecule has 0 spiro atoms. The maximum Gasteiger partial charge on any atom is 0.277 e. The average molecular weight is 512 g/mol. The third-order valence-electron chi connectivity index (χ3n) is 5.54. The van der Waals surface area contributed by atoms with E-state index in [0.29, 0.717) is 22.7 Å². The van der Waals surface area contributed by atoms with Crippen LogP contribution in [-0.4, -0.2) is 21.9 Å². The maximum atomic E-state index is 13.4. The van der Waals surface area contributed by atoms with Crippen LogP contribution in [0.1, 0.15) is 5.76 Å². The fourth-order valence-electron chi connectivity index (χ4n) is 3.83. The fourth-order valence-corrected chi connectivity index (χ4v) is 4.11. The van der Waals surface area contributed by atoms with Gasteiger partial charge in [0.05, 0.1) is 22.4 Å². The number of furan rings is 1. The van der Waals surface area contributed by atoms with Gasteiger partial charge >= 0.3 is 0 Å². The number of nitro benzene ring substituents is 1. The van der Waals surface area contributed by atoms with Gasteiger partial charge in [0.2, 0.25) is 0 Å². The van der Waals surface area contributed by atoms with E-state index in [4.69, 9.17) is 21.4 Å². The molecule has 1 aromatic heterocycles. The highest BCUT2D eigenvalue weighted by molar-refractivity contribution is 7.80. The fraction of sp³-hybridized carbons (Fsp3) is 0. The van der Waals surface area contributed by atoms with Crippen molar-refractivity contribution in [3.05, 3.63) is 113 Å². The Morgan fingerprint density at radius 1 is 0.892 bits per heavy atom. The molecule has 9 nitrogen and oxygen atoms in total. The third-order valence-corrected chi connectivity index (χ3v) is 5.82. The Hall–Kier alpha value is -5.09. The summed E-state index contributed by atoms with van der Waals surface area (Å²) < 4.78 is 11.3. The molecule has 1 aliphatic heterocycles. The molecule has 0 saturated carbocycles. The standard InChI is InChI=1S/C27H17N3O6S/c31-25-22(16-24-21(14-15-35-24)20-8-4-5-9-23(20)30(33)34)26(32)29(27(37)28-25)17-10-12-19(13-11-17)36-18-6-2-1-3-7-18/h1-16H,(H,28,31,37)/b22-16-. The quantitative estimate of drug-likeness (QED) is 0.120. The molecule has 0 bridgehead atoms. The summed E-state index contributed by atoms with van der Waals surface area (Å²) >= 11 is 5.27. The van der Waals surface area contributed by atoms with Gasteiger partial charge in [-0.3, -0.25) is 29.9 Å². The summed E-state index contributed by atoms with van der Waals surface area (Å²) in [6.07, 6.45) is 2.59. The van der Waals surface area contributed by atoms with Crippen LogP contribution in [0.15, 0.2) is 101 Å². The first kappa shape index (κ1) is 23.6. The molecule has 2 heterocycles. The van der Waals surface area contributed by atoms with Gasteiger partial charge in [0.25, 0.3) is 17.5 Å². The zero-order chi connectivity index (χ0) is 25.9. The lowest BCUT2D eigenvalue weighted by Crippen LogP contribution is -2.54. The lowest BCUT2D eigenvalue weighted by atomic mass is 10.0.